The van der Waals surface area contributed by atoms with E-state index in [-0.39, 0.29) is 17.8 Å². The van der Waals surface area contributed by atoms with Crippen LogP contribution >= 0.6 is 0 Å². The first kappa shape index (κ1) is 11.6. The maximum atomic E-state index is 13.6. The molecule has 3 nitrogen and oxygen atoms in total. The summed E-state index contributed by atoms with van der Waals surface area (Å²) in [6, 6.07) is 6.76. The van der Waals surface area contributed by atoms with E-state index in [9.17, 15) is 9.18 Å². The zero-order valence-electron chi connectivity index (χ0n) is 9.53. The molecular formula is C13H15FN2O. The number of nitrogens with one attached hydrogen (secondary N) is 1. The fourth-order valence-electron chi connectivity index (χ4n) is 2.07. The van der Waals surface area contributed by atoms with E-state index < -0.39 is 0 Å². The summed E-state index contributed by atoms with van der Waals surface area (Å²) in [5.41, 5.74) is 0.600. The molecule has 1 saturated heterocycles. The van der Waals surface area contributed by atoms with Crippen LogP contribution < -0.4 is 10.2 Å². The van der Waals surface area contributed by atoms with E-state index in [1.807, 2.05) is 11.0 Å². The van der Waals surface area contributed by atoms with Crippen LogP contribution in [0.15, 0.2) is 36.9 Å². The van der Waals surface area contributed by atoms with E-state index in [1.165, 1.54) is 12.1 Å². The molecule has 1 aromatic rings. The molecule has 0 spiro atoms. The van der Waals surface area contributed by atoms with Crippen LogP contribution in [0.3, 0.4) is 0 Å². The molecule has 1 fully saturated rings. The van der Waals surface area contributed by atoms with Crippen LogP contribution in [-0.4, -0.2) is 25.0 Å². The Balaban J connectivity index is 2.01. The van der Waals surface area contributed by atoms with Crippen LogP contribution in [0.25, 0.3) is 0 Å². The van der Waals surface area contributed by atoms with Gasteiger partial charge in [0.15, 0.2) is 0 Å². The van der Waals surface area contributed by atoms with Crippen molar-refractivity contribution < 1.29 is 9.18 Å². The van der Waals surface area contributed by atoms with Gasteiger partial charge in [-0.1, -0.05) is 18.7 Å². The van der Waals surface area contributed by atoms with E-state index >= 15 is 0 Å². The molecule has 1 aliphatic rings. The number of nitrogens with zero attached hydrogens (tertiary/aromatic N) is 1. The first-order valence-corrected chi connectivity index (χ1v) is 5.63. The number of hydrogen-bond acceptors (Lipinski definition) is 2. The first-order chi connectivity index (χ1) is 8.20. The lowest BCUT2D eigenvalue weighted by Gasteiger charge is -2.19. The Morgan fingerprint density at radius 3 is 3.00 bits per heavy atom. The number of halogens is 1. The molecule has 0 bridgehead atoms. The second-order valence-corrected chi connectivity index (χ2v) is 4.10. The van der Waals surface area contributed by atoms with E-state index in [0.717, 1.165) is 13.0 Å². The molecule has 0 aliphatic carbocycles. The van der Waals surface area contributed by atoms with Gasteiger partial charge in [-0.25, -0.2) is 4.39 Å². The average Bonchev–Trinajstić information content (AvgIpc) is 2.78. The fraction of sp³-hybridized carbons (Fsp3) is 0.308. The Morgan fingerprint density at radius 2 is 2.29 bits per heavy atom. The summed E-state index contributed by atoms with van der Waals surface area (Å²) >= 11 is 0. The summed E-state index contributed by atoms with van der Waals surface area (Å²) in [5.74, 6) is -0.395. The van der Waals surface area contributed by atoms with Gasteiger partial charge in [0, 0.05) is 19.1 Å². The maximum Gasteiger partial charge on any atom is 0.243 e. The molecule has 1 aromatic carbocycles. The van der Waals surface area contributed by atoms with Gasteiger partial charge in [0.2, 0.25) is 5.91 Å². The van der Waals surface area contributed by atoms with Gasteiger partial charge in [0.05, 0.1) is 5.69 Å². The summed E-state index contributed by atoms with van der Waals surface area (Å²) < 4.78 is 13.6. The molecule has 1 unspecified atom stereocenters. The number of rotatable bonds is 3. The molecule has 1 heterocycles. The minimum Gasteiger partial charge on any atom is -0.367 e. The predicted molar refractivity (Wildman–Crippen MR) is 65.4 cm³/mol. The van der Waals surface area contributed by atoms with Gasteiger partial charge in [-0.15, -0.1) is 0 Å². The lowest BCUT2D eigenvalue weighted by Crippen LogP contribution is -2.36. The Hall–Kier alpha value is -1.84. The Bertz CT molecular complexity index is 433. The zero-order valence-corrected chi connectivity index (χ0v) is 9.53. The molecular weight excluding hydrogens is 219 g/mol. The molecule has 1 aliphatic heterocycles. The highest BCUT2D eigenvalue weighted by Crippen LogP contribution is 2.23. The lowest BCUT2D eigenvalue weighted by atomic mass is 10.2. The summed E-state index contributed by atoms with van der Waals surface area (Å²) in [4.78, 5) is 13.1. The normalized spacial score (nSPS) is 19.1. The SMILES string of the molecule is C=CC(=O)NC1CCN(c2ccccc2F)C1. The first-order valence-electron chi connectivity index (χ1n) is 5.63. The molecule has 2 rings (SSSR count). The third-order valence-electron chi connectivity index (χ3n) is 2.91. The van der Waals surface area contributed by atoms with Crippen molar-refractivity contribution in [2.24, 2.45) is 0 Å². The van der Waals surface area contributed by atoms with E-state index in [0.29, 0.717) is 12.2 Å². The largest absolute Gasteiger partial charge is 0.367 e. The van der Waals surface area contributed by atoms with E-state index in [2.05, 4.69) is 11.9 Å². The highest BCUT2D eigenvalue weighted by Gasteiger charge is 2.24. The molecule has 90 valence electrons. The minimum absolute atomic E-state index is 0.0695. The Morgan fingerprint density at radius 1 is 1.53 bits per heavy atom. The smallest absolute Gasteiger partial charge is 0.243 e. The third-order valence-corrected chi connectivity index (χ3v) is 2.91. The predicted octanol–water partition coefficient (Wildman–Crippen LogP) is 1.71. The number of anilines is 1. The number of para-hydroxylation sites is 1. The Labute approximate surface area is 99.9 Å². The summed E-state index contributed by atoms with van der Waals surface area (Å²) in [7, 11) is 0. The number of carbonyl (C=O) groups excluding carboxylic acids is 1. The zero-order chi connectivity index (χ0) is 12.3. The van der Waals surface area contributed by atoms with Gasteiger partial charge in [0.1, 0.15) is 5.82 Å². The molecule has 0 radical (unpaired) electrons. The number of amides is 1. The van der Waals surface area contributed by atoms with Crippen LogP contribution in [0.1, 0.15) is 6.42 Å². The molecule has 1 N–H and O–H groups in total. The lowest BCUT2D eigenvalue weighted by molar-refractivity contribution is -0.117. The van der Waals surface area contributed by atoms with Gasteiger partial charge >= 0.3 is 0 Å². The Kier molecular flexibility index (Phi) is 3.42. The fourth-order valence-corrected chi connectivity index (χ4v) is 2.07. The summed E-state index contributed by atoms with van der Waals surface area (Å²) in [6.07, 6.45) is 2.08. The molecule has 1 amide bonds. The molecule has 1 atom stereocenters. The van der Waals surface area contributed by atoms with Crippen LogP contribution in [0.5, 0.6) is 0 Å². The highest BCUT2D eigenvalue weighted by atomic mass is 19.1. The van der Waals surface area contributed by atoms with E-state index in [1.54, 1.807) is 12.1 Å². The van der Waals surface area contributed by atoms with Crippen molar-refractivity contribution in [3.8, 4) is 0 Å². The van der Waals surface area contributed by atoms with Crippen LogP contribution in [0.2, 0.25) is 0 Å². The quantitative estimate of drug-likeness (QED) is 0.807. The van der Waals surface area contributed by atoms with E-state index in [4.69, 9.17) is 0 Å². The van der Waals surface area contributed by atoms with Crippen molar-refractivity contribution in [3.63, 3.8) is 0 Å². The van der Waals surface area contributed by atoms with Crippen LogP contribution in [0.4, 0.5) is 10.1 Å². The van der Waals surface area contributed by atoms with Crippen LogP contribution in [0, 0.1) is 5.82 Å². The van der Waals surface area contributed by atoms with Crippen molar-refractivity contribution in [3.05, 3.63) is 42.7 Å². The van der Waals surface area contributed by atoms with Crippen molar-refractivity contribution >= 4 is 11.6 Å². The number of carbonyl (C=O) groups is 1. The topological polar surface area (TPSA) is 32.3 Å². The summed E-state index contributed by atoms with van der Waals surface area (Å²) in [5, 5.41) is 2.83. The molecule has 0 aromatic heterocycles. The van der Waals surface area contributed by atoms with Gasteiger partial charge < -0.3 is 10.2 Å². The molecule has 0 saturated carbocycles. The monoisotopic (exact) mass is 234 g/mol. The van der Waals surface area contributed by atoms with Crippen molar-refractivity contribution in [2.75, 3.05) is 18.0 Å². The van der Waals surface area contributed by atoms with Gasteiger partial charge in [0.25, 0.3) is 0 Å². The maximum absolute atomic E-state index is 13.6. The van der Waals surface area contributed by atoms with Gasteiger partial charge in [-0.05, 0) is 24.6 Å². The standard InChI is InChI=1S/C13H15FN2O/c1-2-13(17)15-10-7-8-16(9-10)12-6-4-3-5-11(12)14/h2-6,10H,1,7-9H2,(H,15,17). The van der Waals surface area contributed by atoms with Gasteiger partial charge in [-0.2, -0.15) is 0 Å². The van der Waals surface area contributed by atoms with Crippen molar-refractivity contribution in [1.82, 2.24) is 5.32 Å². The van der Waals surface area contributed by atoms with Gasteiger partial charge in [-0.3, -0.25) is 4.79 Å². The second-order valence-electron chi connectivity index (χ2n) is 4.10. The molecule has 17 heavy (non-hydrogen) atoms. The highest BCUT2D eigenvalue weighted by molar-refractivity contribution is 5.87. The number of hydrogen-bond donors (Lipinski definition) is 1. The number of benzene rings is 1. The average molecular weight is 234 g/mol. The third kappa shape index (κ3) is 2.64. The van der Waals surface area contributed by atoms with Crippen LogP contribution in [-0.2, 0) is 4.79 Å². The second kappa shape index (κ2) is 4.99. The summed E-state index contributed by atoms with van der Waals surface area (Å²) in [6.45, 7) is 4.80. The van der Waals surface area contributed by atoms with Crippen molar-refractivity contribution in [1.29, 1.82) is 0 Å². The minimum atomic E-state index is -0.219. The van der Waals surface area contributed by atoms with Crippen molar-refractivity contribution in [2.45, 2.75) is 12.5 Å². The molecule has 4 heteroatoms.